The van der Waals surface area contributed by atoms with Crippen LogP contribution in [0.5, 0.6) is 0 Å². The van der Waals surface area contributed by atoms with Crippen molar-refractivity contribution in [3.05, 3.63) is 70.3 Å². The number of rotatable bonds is 4. The third-order valence-corrected chi connectivity index (χ3v) is 6.50. The second kappa shape index (κ2) is 7.23. The van der Waals surface area contributed by atoms with E-state index in [2.05, 4.69) is 5.32 Å². The van der Waals surface area contributed by atoms with E-state index in [4.69, 9.17) is 16.3 Å². The maximum atomic E-state index is 12.8. The van der Waals surface area contributed by atoms with Gasteiger partial charge in [0.1, 0.15) is 5.54 Å². The Morgan fingerprint density at radius 1 is 1.07 bits per heavy atom. The number of carbonyl (C=O) groups is 2. The zero-order chi connectivity index (χ0) is 20.6. The van der Waals surface area contributed by atoms with Gasteiger partial charge < -0.3 is 15.2 Å². The molecule has 0 radical (unpaired) electrons. The number of carboxylic acids is 1. The SMILES string of the molecule is COC(=O)C1(Nc2cccc(Cl)c2)CCC2(CC1)C(C(=O)O)=Cc1ccccc12. The number of aliphatic carboxylic acids is 1. The summed E-state index contributed by atoms with van der Waals surface area (Å²) in [5.41, 5.74) is 1.60. The maximum Gasteiger partial charge on any atom is 0.332 e. The second-order valence-electron chi connectivity index (χ2n) is 7.74. The van der Waals surface area contributed by atoms with Crippen LogP contribution in [0.15, 0.2) is 54.1 Å². The van der Waals surface area contributed by atoms with Gasteiger partial charge in [-0.25, -0.2) is 9.59 Å². The largest absolute Gasteiger partial charge is 0.478 e. The van der Waals surface area contributed by atoms with Crippen molar-refractivity contribution in [3.63, 3.8) is 0 Å². The van der Waals surface area contributed by atoms with Crippen molar-refractivity contribution < 1.29 is 19.4 Å². The summed E-state index contributed by atoms with van der Waals surface area (Å²) in [6, 6.07) is 15.0. The van der Waals surface area contributed by atoms with Crippen LogP contribution in [-0.4, -0.2) is 29.7 Å². The van der Waals surface area contributed by atoms with Gasteiger partial charge in [-0.1, -0.05) is 41.9 Å². The molecular weight excluding hydrogens is 390 g/mol. The van der Waals surface area contributed by atoms with Gasteiger partial charge in [-0.3, -0.25) is 0 Å². The Morgan fingerprint density at radius 3 is 2.45 bits per heavy atom. The van der Waals surface area contributed by atoms with Gasteiger partial charge >= 0.3 is 11.9 Å². The average molecular weight is 412 g/mol. The van der Waals surface area contributed by atoms with Gasteiger partial charge in [0.15, 0.2) is 0 Å². The highest BCUT2D eigenvalue weighted by atomic mass is 35.5. The summed E-state index contributed by atoms with van der Waals surface area (Å²) in [7, 11) is 1.38. The van der Waals surface area contributed by atoms with Crippen LogP contribution in [0.3, 0.4) is 0 Å². The quantitative estimate of drug-likeness (QED) is 0.716. The molecule has 0 atom stereocenters. The first-order valence-electron chi connectivity index (χ1n) is 9.57. The molecule has 0 saturated heterocycles. The van der Waals surface area contributed by atoms with E-state index in [9.17, 15) is 14.7 Å². The maximum absolute atomic E-state index is 12.8. The summed E-state index contributed by atoms with van der Waals surface area (Å²) in [5.74, 6) is -1.26. The minimum absolute atomic E-state index is 0.348. The lowest BCUT2D eigenvalue weighted by molar-refractivity contribution is -0.147. The zero-order valence-electron chi connectivity index (χ0n) is 16.1. The fourth-order valence-electron chi connectivity index (χ4n) is 4.82. The highest BCUT2D eigenvalue weighted by molar-refractivity contribution is 6.30. The van der Waals surface area contributed by atoms with Crippen LogP contribution in [0, 0.1) is 0 Å². The number of carboxylic acid groups (broad SMARTS) is 1. The number of esters is 1. The number of ether oxygens (including phenoxy) is 1. The topological polar surface area (TPSA) is 75.6 Å². The average Bonchev–Trinajstić information content (AvgIpc) is 3.04. The molecule has 6 heteroatoms. The minimum Gasteiger partial charge on any atom is -0.478 e. The number of benzene rings is 2. The standard InChI is InChI=1S/C23H22ClNO4/c1-29-21(28)23(25-17-7-4-6-16(24)14-17)11-9-22(10-12-23)18-8-3-2-5-15(18)13-19(22)20(26)27/h2-8,13-14,25H,9-12H2,1H3,(H,26,27). The van der Waals surface area contributed by atoms with Gasteiger partial charge in [0.25, 0.3) is 0 Å². The van der Waals surface area contributed by atoms with Crippen LogP contribution in [0.2, 0.25) is 5.02 Å². The molecule has 150 valence electrons. The Balaban J connectivity index is 1.69. The molecule has 29 heavy (non-hydrogen) atoms. The lowest BCUT2D eigenvalue weighted by Crippen LogP contribution is -2.53. The van der Waals surface area contributed by atoms with Crippen molar-refractivity contribution in [1.29, 1.82) is 0 Å². The van der Waals surface area contributed by atoms with E-state index in [1.165, 1.54) is 7.11 Å². The second-order valence-corrected chi connectivity index (χ2v) is 8.18. The van der Waals surface area contributed by atoms with Crippen molar-refractivity contribution >= 4 is 35.3 Å². The number of fused-ring (bicyclic) bond motifs is 2. The molecule has 4 rings (SSSR count). The summed E-state index contributed by atoms with van der Waals surface area (Å²) >= 11 is 6.10. The molecule has 2 aromatic rings. The highest BCUT2D eigenvalue weighted by Gasteiger charge is 2.53. The monoisotopic (exact) mass is 411 g/mol. The van der Waals surface area contributed by atoms with E-state index < -0.39 is 16.9 Å². The first-order chi connectivity index (χ1) is 13.9. The van der Waals surface area contributed by atoms with Gasteiger partial charge in [-0.2, -0.15) is 0 Å². The minimum atomic E-state index is -0.925. The highest BCUT2D eigenvalue weighted by Crippen LogP contribution is 2.53. The summed E-state index contributed by atoms with van der Waals surface area (Å²) < 4.78 is 5.12. The van der Waals surface area contributed by atoms with Gasteiger partial charge in [-0.15, -0.1) is 0 Å². The Labute approximate surface area is 174 Å². The molecule has 0 aliphatic heterocycles. The van der Waals surface area contributed by atoms with Crippen LogP contribution in [0.4, 0.5) is 5.69 Å². The Kier molecular flexibility index (Phi) is 4.87. The van der Waals surface area contributed by atoms with Crippen molar-refractivity contribution in [2.45, 2.75) is 36.6 Å². The third kappa shape index (κ3) is 3.19. The number of carbonyl (C=O) groups excluding carboxylic acids is 1. The van der Waals surface area contributed by atoms with Gasteiger partial charge in [0.05, 0.1) is 7.11 Å². The van der Waals surface area contributed by atoms with Crippen molar-refractivity contribution in [3.8, 4) is 0 Å². The molecular formula is C23H22ClNO4. The van der Waals surface area contributed by atoms with E-state index in [-0.39, 0.29) is 5.97 Å². The van der Waals surface area contributed by atoms with Crippen LogP contribution < -0.4 is 5.32 Å². The number of hydrogen-bond donors (Lipinski definition) is 2. The first kappa shape index (κ1) is 19.5. The molecule has 1 fully saturated rings. The van der Waals surface area contributed by atoms with E-state index in [0.29, 0.717) is 36.3 Å². The first-order valence-corrected chi connectivity index (χ1v) is 9.95. The Morgan fingerprint density at radius 2 is 1.79 bits per heavy atom. The molecule has 1 spiro atoms. The predicted molar refractivity (Wildman–Crippen MR) is 112 cm³/mol. The van der Waals surface area contributed by atoms with E-state index in [1.54, 1.807) is 18.2 Å². The molecule has 0 heterocycles. The van der Waals surface area contributed by atoms with Gasteiger partial charge in [0, 0.05) is 21.7 Å². The molecule has 2 aliphatic rings. The summed E-state index contributed by atoms with van der Waals surface area (Å²) in [6.45, 7) is 0. The van der Waals surface area contributed by atoms with Crippen LogP contribution in [-0.2, 0) is 19.7 Å². The van der Waals surface area contributed by atoms with E-state index in [1.807, 2.05) is 36.4 Å². The van der Waals surface area contributed by atoms with E-state index in [0.717, 1.165) is 16.8 Å². The molecule has 2 aromatic carbocycles. The fraction of sp³-hybridized carbons (Fsp3) is 0.304. The number of anilines is 1. The van der Waals surface area contributed by atoms with Crippen molar-refractivity contribution in [1.82, 2.24) is 0 Å². The smallest absolute Gasteiger partial charge is 0.332 e. The summed E-state index contributed by atoms with van der Waals surface area (Å²) in [4.78, 5) is 24.8. The number of halogens is 1. The molecule has 0 bridgehead atoms. The van der Waals surface area contributed by atoms with Gasteiger partial charge in [0.2, 0.25) is 0 Å². The van der Waals surface area contributed by atoms with Crippen LogP contribution >= 0.6 is 11.6 Å². The zero-order valence-corrected chi connectivity index (χ0v) is 16.8. The molecule has 2 N–H and O–H groups in total. The lowest BCUT2D eigenvalue weighted by atomic mass is 9.62. The fourth-order valence-corrected chi connectivity index (χ4v) is 5.01. The number of hydrogen-bond acceptors (Lipinski definition) is 4. The Hall–Kier alpha value is -2.79. The molecule has 0 unspecified atom stereocenters. The van der Waals surface area contributed by atoms with Gasteiger partial charge in [-0.05, 0) is 61.1 Å². The lowest BCUT2D eigenvalue weighted by Gasteiger charge is -2.45. The van der Waals surface area contributed by atoms with Crippen molar-refractivity contribution in [2.24, 2.45) is 0 Å². The van der Waals surface area contributed by atoms with Crippen LogP contribution in [0.25, 0.3) is 6.08 Å². The van der Waals surface area contributed by atoms with E-state index >= 15 is 0 Å². The number of nitrogens with one attached hydrogen (secondary N) is 1. The summed E-state index contributed by atoms with van der Waals surface area (Å²) in [5, 5.41) is 13.8. The van der Waals surface area contributed by atoms with Crippen LogP contribution in [0.1, 0.15) is 36.8 Å². The molecule has 0 aromatic heterocycles. The molecule has 5 nitrogen and oxygen atoms in total. The third-order valence-electron chi connectivity index (χ3n) is 6.26. The molecule has 2 aliphatic carbocycles. The predicted octanol–water partition coefficient (Wildman–Crippen LogP) is 4.66. The number of methoxy groups -OCH3 is 1. The Bertz CT molecular complexity index is 1010. The summed E-state index contributed by atoms with van der Waals surface area (Å²) in [6.07, 6.45) is 3.74. The van der Waals surface area contributed by atoms with Crippen molar-refractivity contribution in [2.75, 3.05) is 12.4 Å². The molecule has 1 saturated carbocycles. The normalized spacial score (nSPS) is 25.2. The molecule has 0 amide bonds.